The molecule has 0 unspecified atom stereocenters. The van der Waals surface area contributed by atoms with Gasteiger partial charge in [0.1, 0.15) is 17.1 Å². The third-order valence-electron chi connectivity index (χ3n) is 6.97. The predicted molar refractivity (Wildman–Crippen MR) is 141 cm³/mol. The van der Waals surface area contributed by atoms with Crippen molar-refractivity contribution >= 4 is 16.9 Å². The summed E-state index contributed by atoms with van der Waals surface area (Å²) in [6, 6.07) is 25.2. The van der Waals surface area contributed by atoms with Crippen molar-refractivity contribution < 1.29 is 18.7 Å². The van der Waals surface area contributed by atoms with Crippen molar-refractivity contribution in [2.24, 2.45) is 0 Å². The average Bonchev–Trinajstić information content (AvgIpc) is 3.54. The molecule has 1 aromatic heterocycles. The molecule has 2 heterocycles. The number of nitrogens with zero attached hydrogens (tertiary/aromatic N) is 1. The molecule has 0 spiro atoms. The van der Waals surface area contributed by atoms with E-state index in [-0.39, 0.29) is 12.4 Å². The molecule has 0 aliphatic carbocycles. The van der Waals surface area contributed by atoms with Gasteiger partial charge in [0, 0.05) is 43.4 Å². The fourth-order valence-corrected chi connectivity index (χ4v) is 5.05. The molecule has 0 radical (unpaired) electrons. The third kappa shape index (κ3) is 5.63. The highest BCUT2D eigenvalue weighted by atomic mass is 16.5. The van der Waals surface area contributed by atoms with Gasteiger partial charge in [-0.1, -0.05) is 61.5 Å². The summed E-state index contributed by atoms with van der Waals surface area (Å²) in [5, 5.41) is 1.02. The molecule has 0 saturated carbocycles. The van der Waals surface area contributed by atoms with Crippen molar-refractivity contribution in [1.29, 1.82) is 0 Å². The molecular formula is C31H33NO4. The van der Waals surface area contributed by atoms with Crippen LogP contribution in [0.1, 0.15) is 40.9 Å². The highest BCUT2D eigenvalue weighted by Crippen LogP contribution is 2.31. The van der Waals surface area contributed by atoms with E-state index in [0.717, 1.165) is 67.1 Å². The summed E-state index contributed by atoms with van der Waals surface area (Å²) in [5.74, 6) is 2.18. The molecule has 186 valence electrons. The summed E-state index contributed by atoms with van der Waals surface area (Å²) >= 11 is 0. The van der Waals surface area contributed by atoms with E-state index in [0.29, 0.717) is 5.92 Å². The molecule has 36 heavy (non-hydrogen) atoms. The molecule has 0 fully saturated rings. The predicted octanol–water partition coefficient (Wildman–Crippen LogP) is 5.93. The molecule has 0 amide bonds. The first-order chi connectivity index (χ1) is 17.6. The van der Waals surface area contributed by atoms with Crippen LogP contribution in [0.25, 0.3) is 11.0 Å². The van der Waals surface area contributed by atoms with Crippen LogP contribution in [0.4, 0.5) is 0 Å². The Labute approximate surface area is 212 Å². The Morgan fingerprint density at radius 3 is 2.75 bits per heavy atom. The molecule has 5 nitrogen and oxygen atoms in total. The molecule has 0 saturated heterocycles. The summed E-state index contributed by atoms with van der Waals surface area (Å²) in [5.41, 5.74) is 5.68. The number of methoxy groups -OCH3 is 1. The van der Waals surface area contributed by atoms with Crippen LogP contribution in [-0.2, 0) is 35.3 Å². The molecule has 1 atom stereocenters. The van der Waals surface area contributed by atoms with Crippen LogP contribution in [0.5, 0.6) is 5.75 Å². The molecule has 0 bridgehead atoms. The van der Waals surface area contributed by atoms with E-state index in [2.05, 4.69) is 66.4 Å². The Kier molecular flexibility index (Phi) is 7.38. The SMILES string of the molecule is COC(=O)Cc1ccc2oc(CCN(Cc3cccc4c3OCC4)C[C@H](C)c3ccccc3)cc2c1. The summed E-state index contributed by atoms with van der Waals surface area (Å²) in [4.78, 5) is 14.2. The zero-order chi connectivity index (χ0) is 24.9. The minimum atomic E-state index is -0.238. The largest absolute Gasteiger partial charge is 0.493 e. The van der Waals surface area contributed by atoms with Crippen LogP contribution in [0.2, 0.25) is 0 Å². The van der Waals surface area contributed by atoms with E-state index >= 15 is 0 Å². The highest BCUT2D eigenvalue weighted by molar-refractivity contribution is 5.81. The van der Waals surface area contributed by atoms with E-state index in [1.165, 1.54) is 23.8 Å². The van der Waals surface area contributed by atoms with E-state index in [4.69, 9.17) is 13.9 Å². The highest BCUT2D eigenvalue weighted by Gasteiger charge is 2.20. The van der Waals surface area contributed by atoms with Gasteiger partial charge in [-0.15, -0.1) is 0 Å². The maximum absolute atomic E-state index is 11.7. The second kappa shape index (κ2) is 11.0. The third-order valence-corrected chi connectivity index (χ3v) is 6.97. The topological polar surface area (TPSA) is 51.9 Å². The number of benzene rings is 3. The minimum absolute atomic E-state index is 0.238. The monoisotopic (exact) mass is 483 g/mol. The van der Waals surface area contributed by atoms with Gasteiger partial charge in [-0.25, -0.2) is 0 Å². The minimum Gasteiger partial charge on any atom is -0.493 e. The zero-order valence-corrected chi connectivity index (χ0v) is 21.0. The van der Waals surface area contributed by atoms with Crippen LogP contribution in [0, 0.1) is 0 Å². The number of hydrogen-bond donors (Lipinski definition) is 0. The lowest BCUT2D eigenvalue weighted by atomic mass is 10.00. The van der Waals surface area contributed by atoms with Crippen LogP contribution in [0.3, 0.4) is 0 Å². The van der Waals surface area contributed by atoms with Gasteiger partial charge < -0.3 is 13.9 Å². The van der Waals surface area contributed by atoms with Crippen molar-refractivity contribution in [2.45, 2.75) is 38.6 Å². The standard InChI is InChI=1S/C31H33NO4/c1-22(24-7-4-3-5-8-24)20-32(21-26-10-6-9-25-14-16-35-31(25)26)15-13-28-19-27-17-23(18-30(33)34-2)11-12-29(27)36-28/h3-12,17,19,22H,13-16,18,20-21H2,1-2H3/t22-/m0/s1. The van der Waals surface area contributed by atoms with Gasteiger partial charge in [0.25, 0.3) is 0 Å². The number of fused-ring (bicyclic) bond motifs is 2. The first kappa shape index (κ1) is 24.1. The number of hydrogen-bond acceptors (Lipinski definition) is 5. The lowest BCUT2D eigenvalue weighted by molar-refractivity contribution is -0.139. The van der Waals surface area contributed by atoms with Crippen LogP contribution in [0.15, 0.2) is 77.2 Å². The van der Waals surface area contributed by atoms with Crippen molar-refractivity contribution in [3.05, 3.63) is 101 Å². The molecular weight excluding hydrogens is 450 g/mol. The first-order valence-corrected chi connectivity index (χ1v) is 12.7. The zero-order valence-electron chi connectivity index (χ0n) is 21.0. The molecule has 1 aliphatic rings. The number of carbonyl (C=O) groups is 1. The molecule has 0 N–H and O–H groups in total. The van der Waals surface area contributed by atoms with Crippen molar-refractivity contribution in [3.63, 3.8) is 0 Å². The lowest BCUT2D eigenvalue weighted by Crippen LogP contribution is -2.29. The Hall–Kier alpha value is -3.57. The maximum atomic E-state index is 11.7. The van der Waals surface area contributed by atoms with Crippen molar-refractivity contribution in [3.8, 4) is 5.75 Å². The number of furan rings is 1. The molecule has 5 rings (SSSR count). The van der Waals surface area contributed by atoms with Gasteiger partial charge >= 0.3 is 5.97 Å². The van der Waals surface area contributed by atoms with Crippen LogP contribution in [-0.4, -0.2) is 37.7 Å². The maximum Gasteiger partial charge on any atom is 0.309 e. The fourth-order valence-electron chi connectivity index (χ4n) is 5.05. The second-order valence-corrected chi connectivity index (χ2v) is 9.64. The van der Waals surface area contributed by atoms with Gasteiger partial charge in [-0.3, -0.25) is 9.69 Å². The molecule has 3 aromatic carbocycles. The number of esters is 1. The van der Waals surface area contributed by atoms with E-state index in [1.54, 1.807) is 0 Å². The van der Waals surface area contributed by atoms with Crippen molar-refractivity contribution in [1.82, 2.24) is 4.90 Å². The van der Waals surface area contributed by atoms with E-state index in [9.17, 15) is 4.79 Å². The summed E-state index contributed by atoms with van der Waals surface area (Å²) in [6.07, 6.45) is 2.06. The van der Waals surface area contributed by atoms with Gasteiger partial charge in [0.15, 0.2) is 0 Å². The number of para-hydroxylation sites is 1. The quantitative estimate of drug-likeness (QED) is 0.262. The Morgan fingerprint density at radius 1 is 1.06 bits per heavy atom. The number of rotatable bonds is 10. The van der Waals surface area contributed by atoms with Gasteiger partial charge in [-0.05, 0) is 40.8 Å². The summed E-state index contributed by atoms with van der Waals surface area (Å²) in [7, 11) is 1.41. The van der Waals surface area contributed by atoms with Gasteiger partial charge in [-0.2, -0.15) is 0 Å². The fraction of sp³-hybridized carbons (Fsp3) is 0.323. The van der Waals surface area contributed by atoms with E-state index < -0.39 is 0 Å². The van der Waals surface area contributed by atoms with Crippen molar-refractivity contribution in [2.75, 3.05) is 26.8 Å². The smallest absolute Gasteiger partial charge is 0.309 e. The normalized spacial score (nSPS) is 13.5. The van der Waals surface area contributed by atoms with Crippen LogP contribution >= 0.6 is 0 Å². The second-order valence-electron chi connectivity index (χ2n) is 9.64. The average molecular weight is 484 g/mol. The summed E-state index contributed by atoms with van der Waals surface area (Å²) in [6.45, 7) is 5.71. The van der Waals surface area contributed by atoms with Gasteiger partial charge in [0.2, 0.25) is 0 Å². The van der Waals surface area contributed by atoms with Crippen LogP contribution < -0.4 is 4.74 Å². The first-order valence-electron chi connectivity index (χ1n) is 12.7. The Bertz CT molecular complexity index is 1330. The number of carbonyl (C=O) groups excluding carboxylic acids is 1. The Balaban J connectivity index is 1.32. The molecule has 4 aromatic rings. The van der Waals surface area contributed by atoms with Gasteiger partial charge in [0.05, 0.1) is 20.1 Å². The molecule has 5 heteroatoms. The van der Waals surface area contributed by atoms with E-state index in [1.807, 2.05) is 18.2 Å². The number of ether oxygens (including phenoxy) is 2. The Morgan fingerprint density at radius 2 is 1.92 bits per heavy atom. The lowest BCUT2D eigenvalue weighted by Gasteiger charge is -2.26. The summed E-state index contributed by atoms with van der Waals surface area (Å²) < 4.78 is 16.9. The molecule has 1 aliphatic heterocycles.